The topological polar surface area (TPSA) is 0 Å². The summed E-state index contributed by atoms with van der Waals surface area (Å²) in [7, 11) is 1.55. The Morgan fingerprint density at radius 3 is 1.48 bits per heavy atom. The molecule has 4 rings (SSSR count). The van der Waals surface area contributed by atoms with E-state index in [2.05, 4.69) is 139 Å². The average molecular weight is 514 g/mol. The smallest absolute Gasteiger partial charge is 0 e. The van der Waals surface area contributed by atoms with E-state index >= 15 is 0 Å². The molecular formula is C30H36FeP2-6. The van der Waals surface area contributed by atoms with Gasteiger partial charge in [-0.2, -0.15) is 12.1 Å². The molecule has 180 valence electrons. The van der Waals surface area contributed by atoms with Gasteiger partial charge in [-0.1, -0.05) is 95.4 Å². The summed E-state index contributed by atoms with van der Waals surface area (Å²) in [6, 6.07) is 34.9. The first-order valence-electron chi connectivity index (χ1n) is 11.3. The van der Waals surface area contributed by atoms with Crippen LogP contribution in [0, 0.1) is 0 Å². The number of benzene rings is 2. The Morgan fingerprint density at radius 2 is 1.03 bits per heavy atom. The zero-order valence-electron chi connectivity index (χ0n) is 20.6. The fourth-order valence-corrected chi connectivity index (χ4v) is 6.60. The minimum absolute atomic E-state index is 0. The van der Waals surface area contributed by atoms with E-state index in [0.717, 1.165) is 17.2 Å². The molecule has 0 amide bonds. The fourth-order valence-electron chi connectivity index (χ4n) is 3.72. The summed E-state index contributed by atoms with van der Waals surface area (Å²) < 4.78 is 0. The van der Waals surface area contributed by atoms with Gasteiger partial charge in [0.15, 0.2) is 0 Å². The second kappa shape index (κ2) is 12.3. The van der Waals surface area contributed by atoms with E-state index in [4.69, 9.17) is 0 Å². The normalized spacial score (nSPS) is 12.1. The molecule has 0 saturated heterocycles. The molecule has 0 heterocycles. The maximum atomic E-state index is 2.28. The Morgan fingerprint density at radius 1 is 0.606 bits per heavy atom. The van der Waals surface area contributed by atoms with E-state index in [0.29, 0.717) is 0 Å². The largest absolute Gasteiger partial charge is 0.747 e. The van der Waals surface area contributed by atoms with E-state index in [-0.39, 0.29) is 27.9 Å². The van der Waals surface area contributed by atoms with Crippen molar-refractivity contribution in [2.75, 3.05) is 0 Å². The monoisotopic (exact) mass is 514 g/mol. The van der Waals surface area contributed by atoms with Crippen molar-refractivity contribution in [1.82, 2.24) is 0 Å². The summed E-state index contributed by atoms with van der Waals surface area (Å²) >= 11 is 0. The molecule has 4 aromatic carbocycles. The molecule has 0 fully saturated rings. The standard InChI is InChI=1S/2C15H18P.Fe/c2*1-15(2,3)13-10-6-7-11-14(13)16-12-8-4-5-9-12;/h2*4-11,16H,1-3H3;/q-5;-1;. The first-order valence-corrected chi connectivity index (χ1v) is 13.3. The summed E-state index contributed by atoms with van der Waals surface area (Å²) in [5, 5.41) is 5.80. The van der Waals surface area contributed by atoms with Crippen molar-refractivity contribution in [2.45, 2.75) is 52.4 Å². The zero-order valence-corrected chi connectivity index (χ0v) is 23.7. The predicted molar refractivity (Wildman–Crippen MR) is 150 cm³/mol. The van der Waals surface area contributed by atoms with Crippen LogP contribution in [-0.2, 0) is 27.9 Å². The molecule has 2 atom stereocenters. The van der Waals surface area contributed by atoms with Crippen molar-refractivity contribution in [3.8, 4) is 0 Å². The van der Waals surface area contributed by atoms with Gasteiger partial charge in [0.25, 0.3) is 0 Å². The third-order valence-electron chi connectivity index (χ3n) is 5.35. The molecule has 0 aromatic heterocycles. The molecule has 0 radical (unpaired) electrons. The molecule has 0 aliphatic rings. The molecule has 0 aliphatic carbocycles. The van der Waals surface area contributed by atoms with Gasteiger partial charge in [-0.3, -0.25) is 8.58 Å². The van der Waals surface area contributed by atoms with Crippen LogP contribution in [0.4, 0.5) is 0 Å². The number of hydrogen-bond donors (Lipinski definition) is 0. The molecule has 3 heteroatoms. The minimum atomic E-state index is 0. The van der Waals surface area contributed by atoms with Gasteiger partial charge < -0.3 is 29.6 Å². The van der Waals surface area contributed by atoms with Crippen LogP contribution in [0.5, 0.6) is 0 Å². The van der Waals surface area contributed by atoms with Crippen molar-refractivity contribution in [3.63, 3.8) is 0 Å². The van der Waals surface area contributed by atoms with E-state index in [1.165, 1.54) is 32.3 Å². The van der Waals surface area contributed by atoms with Gasteiger partial charge in [0.2, 0.25) is 0 Å². The van der Waals surface area contributed by atoms with Crippen LogP contribution in [0.3, 0.4) is 0 Å². The Hall–Kier alpha value is -1.48. The Balaban J connectivity index is 0.000000227. The van der Waals surface area contributed by atoms with Crippen LogP contribution in [0.15, 0.2) is 97.1 Å². The van der Waals surface area contributed by atoms with Gasteiger partial charge in [-0.05, 0) is 27.3 Å². The number of rotatable bonds is 4. The predicted octanol–water partition coefficient (Wildman–Crippen LogP) is 6.66. The molecule has 4 aromatic rings. The van der Waals surface area contributed by atoms with Crippen LogP contribution in [0.25, 0.3) is 0 Å². The zero-order chi connectivity index (χ0) is 23.2. The molecule has 0 saturated carbocycles. The maximum Gasteiger partial charge on any atom is 0 e. The second-order valence-corrected chi connectivity index (χ2v) is 12.9. The Kier molecular flexibility index (Phi) is 10.3. The van der Waals surface area contributed by atoms with Crippen molar-refractivity contribution >= 4 is 38.4 Å². The molecule has 0 N–H and O–H groups in total. The van der Waals surface area contributed by atoms with Gasteiger partial charge in [-0.15, -0.1) is 13.9 Å². The van der Waals surface area contributed by atoms with Crippen molar-refractivity contribution in [3.05, 3.63) is 108 Å². The van der Waals surface area contributed by atoms with Crippen LogP contribution >= 0.6 is 17.2 Å². The summed E-state index contributed by atoms with van der Waals surface area (Å²) in [6.07, 6.45) is 0. The van der Waals surface area contributed by atoms with Crippen LogP contribution in [0.1, 0.15) is 52.7 Å². The quantitative estimate of drug-likeness (QED) is 0.162. The Labute approximate surface area is 215 Å². The third kappa shape index (κ3) is 8.35. The van der Waals surface area contributed by atoms with Crippen LogP contribution in [0.2, 0.25) is 0 Å². The first-order chi connectivity index (χ1) is 15.1. The SMILES string of the molecule is CC(C)(C)c1ccccc1P[c-]1[cH-][cH-][cH-][cH-]1.CC(C)(C)c1ccccc1P[c-]1cccc1.[Fe]. The molecule has 2 unspecified atom stereocenters. The van der Waals surface area contributed by atoms with Gasteiger partial charge in [-0.25, -0.2) is 12.1 Å². The van der Waals surface area contributed by atoms with Crippen molar-refractivity contribution in [1.29, 1.82) is 0 Å². The Bertz CT molecular complexity index is 989. The third-order valence-corrected chi connectivity index (χ3v) is 8.01. The van der Waals surface area contributed by atoms with E-state index in [1.54, 1.807) is 0 Å². The molecule has 0 bridgehead atoms. The van der Waals surface area contributed by atoms with E-state index < -0.39 is 0 Å². The summed E-state index contributed by atoms with van der Waals surface area (Å²) in [5.41, 5.74) is 3.40. The minimum Gasteiger partial charge on any atom is -0.747 e. The first kappa shape index (κ1) is 27.8. The molecular weight excluding hydrogens is 478 g/mol. The van der Waals surface area contributed by atoms with Crippen LogP contribution < -0.4 is 21.2 Å². The van der Waals surface area contributed by atoms with E-state index in [1.807, 2.05) is 0 Å². The van der Waals surface area contributed by atoms with Crippen molar-refractivity contribution < 1.29 is 17.1 Å². The van der Waals surface area contributed by atoms with Gasteiger partial charge in [0, 0.05) is 17.1 Å². The average Bonchev–Trinajstić information content (AvgIpc) is 3.42. The van der Waals surface area contributed by atoms with Crippen LogP contribution in [-0.4, -0.2) is 0 Å². The fraction of sp³-hybridized carbons (Fsp3) is 0.267. The summed E-state index contributed by atoms with van der Waals surface area (Å²) in [4.78, 5) is 0. The second-order valence-electron chi connectivity index (χ2n) is 10.2. The van der Waals surface area contributed by atoms with Crippen molar-refractivity contribution in [2.24, 2.45) is 0 Å². The molecule has 0 spiro atoms. The van der Waals surface area contributed by atoms with Gasteiger partial charge in [0.1, 0.15) is 0 Å². The summed E-state index contributed by atoms with van der Waals surface area (Å²) in [5.74, 6) is 0. The summed E-state index contributed by atoms with van der Waals surface area (Å²) in [6.45, 7) is 13.7. The van der Waals surface area contributed by atoms with Gasteiger partial charge >= 0.3 is 0 Å². The molecule has 0 nitrogen and oxygen atoms in total. The molecule has 33 heavy (non-hydrogen) atoms. The maximum absolute atomic E-state index is 2.28. The van der Waals surface area contributed by atoms with Gasteiger partial charge in [0.05, 0.1) is 0 Å². The van der Waals surface area contributed by atoms with E-state index in [9.17, 15) is 0 Å². The number of hydrogen-bond acceptors (Lipinski definition) is 0. The molecule has 0 aliphatic heterocycles.